The normalized spacial score (nSPS) is 20.1. The van der Waals surface area contributed by atoms with Gasteiger partial charge in [-0.1, -0.05) is 6.08 Å². The maximum atomic E-state index is 12.0. The summed E-state index contributed by atoms with van der Waals surface area (Å²) in [7, 11) is 0. The zero-order valence-corrected chi connectivity index (χ0v) is 10.2. The first-order valence-corrected chi connectivity index (χ1v) is 5.86. The Morgan fingerprint density at radius 3 is 2.81 bits per heavy atom. The van der Waals surface area contributed by atoms with Gasteiger partial charge in [0.1, 0.15) is 5.60 Å². The molecule has 2 rings (SSSR count). The highest BCUT2D eigenvalue weighted by atomic mass is 16.6. The van der Waals surface area contributed by atoms with E-state index in [4.69, 9.17) is 4.74 Å². The molecule has 3 nitrogen and oxygen atoms in total. The van der Waals surface area contributed by atoms with E-state index in [1.54, 1.807) is 4.90 Å². The van der Waals surface area contributed by atoms with Crippen LogP contribution >= 0.6 is 0 Å². The summed E-state index contributed by atoms with van der Waals surface area (Å²) in [5, 5.41) is 0. The first kappa shape index (κ1) is 11.2. The lowest BCUT2D eigenvalue weighted by atomic mass is 10.0. The van der Waals surface area contributed by atoms with Crippen LogP contribution in [0.25, 0.3) is 0 Å². The van der Waals surface area contributed by atoms with Crippen LogP contribution in [0.2, 0.25) is 0 Å². The van der Waals surface area contributed by atoms with Crippen LogP contribution in [0.15, 0.2) is 23.4 Å². The van der Waals surface area contributed by atoms with Gasteiger partial charge in [0.25, 0.3) is 0 Å². The van der Waals surface area contributed by atoms with E-state index in [2.05, 4.69) is 12.2 Å². The molecular formula is C13H19NO2. The standard InChI is InChI=1S/C13H19NO2/c1-13(2,3)16-12(15)14-9-8-10-6-4-5-7-11(10)14/h5,7H,4,6,8-9H2,1-3H3. The van der Waals surface area contributed by atoms with Crippen molar-refractivity contribution in [2.75, 3.05) is 6.54 Å². The molecule has 16 heavy (non-hydrogen) atoms. The van der Waals surface area contributed by atoms with E-state index in [1.807, 2.05) is 20.8 Å². The van der Waals surface area contributed by atoms with Crippen molar-refractivity contribution in [1.29, 1.82) is 0 Å². The molecule has 0 saturated carbocycles. The van der Waals surface area contributed by atoms with Gasteiger partial charge in [0, 0.05) is 12.2 Å². The lowest BCUT2D eigenvalue weighted by Crippen LogP contribution is -2.34. The number of carbonyl (C=O) groups excluding carboxylic acids is 1. The number of allylic oxidation sites excluding steroid dienone is 2. The third kappa shape index (κ3) is 2.29. The number of rotatable bonds is 0. The van der Waals surface area contributed by atoms with Crippen molar-refractivity contribution in [2.45, 2.75) is 45.6 Å². The van der Waals surface area contributed by atoms with Gasteiger partial charge in [-0.25, -0.2) is 4.79 Å². The molecule has 2 aliphatic rings. The van der Waals surface area contributed by atoms with Gasteiger partial charge in [-0.2, -0.15) is 0 Å². The zero-order chi connectivity index (χ0) is 11.8. The average molecular weight is 221 g/mol. The van der Waals surface area contributed by atoms with Crippen molar-refractivity contribution >= 4 is 6.09 Å². The quantitative estimate of drug-likeness (QED) is 0.628. The van der Waals surface area contributed by atoms with Crippen LogP contribution in [0.5, 0.6) is 0 Å². The van der Waals surface area contributed by atoms with Crippen molar-refractivity contribution in [1.82, 2.24) is 4.90 Å². The molecule has 0 spiro atoms. The number of carbonyl (C=O) groups is 1. The summed E-state index contributed by atoms with van der Waals surface area (Å²) in [6.45, 7) is 6.46. The highest BCUT2D eigenvalue weighted by Crippen LogP contribution is 2.31. The molecule has 0 radical (unpaired) electrons. The second-order valence-electron chi connectivity index (χ2n) is 5.31. The molecular weight excluding hydrogens is 202 g/mol. The fourth-order valence-electron chi connectivity index (χ4n) is 2.11. The number of hydrogen-bond acceptors (Lipinski definition) is 2. The summed E-state index contributed by atoms with van der Waals surface area (Å²) in [6.07, 6.45) is 7.14. The van der Waals surface area contributed by atoms with Gasteiger partial charge in [0.05, 0.1) is 0 Å². The molecule has 0 saturated heterocycles. The third-order valence-corrected chi connectivity index (χ3v) is 2.79. The van der Waals surface area contributed by atoms with Gasteiger partial charge < -0.3 is 4.74 Å². The van der Waals surface area contributed by atoms with Crippen LogP contribution in [-0.4, -0.2) is 23.1 Å². The highest BCUT2D eigenvalue weighted by molar-refractivity contribution is 5.72. The molecule has 0 atom stereocenters. The number of ether oxygens (including phenoxy) is 1. The van der Waals surface area contributed by atoms with Crippen molar-refractivity contribution in [3.8, 4) is 0 Å². The molecule has 1 heterocycles. The van der Waals surface area contributed by atoms with Crippen molar-refractivity contribution in [2.24, 2.45) is 0 Å². The Bertz CT molecular complexity index is 361. The Kier molecular flexibility index (Phi) is 2.78. The molecule has 0 N–H and O–H groups in total. The largest absolute Gasteiger partial charge is 0.443 e. The Hall–Kier alpha value is -1.25. The molecule has 0 fully saturated rings. The van der Waals surface area contributed by atoms with Crippen molar-refractivity contribution in [3.05, 3.63) is 23.4 Å². The second-order valence-corrected chi connectivity index (χ2v) is 5.31. The van der Waals surface area contributed by atoms with Crippen LogP contribution < -0.4 is 0 Å². The maximum Gasteiger partial charge on any atom is 0.414 e. The summed E-state index contributed by atoms with van der Waals surface area (Å²) in [5.41, 5.74) is 2.05. The van der Waals surface area contributed by atoms with E-state index in [0.29, 0.717) is 0 Å². The predicted molar refractivity (Wildman–Crippen MR) is 63.0 cm³/mol. The smallest absolute Gasteiger partial charge is 0.414 e. The van der Waals surface area contributed by atoms with E-state index < -0.39 is 5.60 Å². The molecule has 1 amide bonds. The average Bonchev–Trinajstić information content (AvgIpc) is 2.58. The molecule has 0 aromatic carbocycles. The molecule has 0 aromatic heterocycles. The van der Waals surface area contributed by atoms with E-state index >= 15 is 0 Å². The fourth-order valence-corrected chi connectivity index (χ4v) is 2.11. The highest BCUT2D eigenvalue weighted by Gasteiger charge is 2.30. The number of amides is 1. The third-order valence-electron chi connectivity index (χ3n) is 2.79. The van der Waals surface area contributed by atoms with E-state index in [0.717, 1.165) is 31.5 Å². The molecule has 1 aliphatic carbocycles. The van der Waals surface area contributed by atoms with E-state index in [1.165, 1.54) is 5.57 Å². The molecule has 0 aromatic rings. The summed E-state index contributed by atoms with van der Waals surface area (Å²) >= 11 is 0. The number of nitrogens with zero attached hydrogens (tertiary/aromatic N) is 1. The Morgan fingerprint density at radius 1 is 1.38 bits per heavy atom. The van der Waals surface area contributed by atoms with Gasteiger partial charge in [-0.3, -0.25) is 4.90 Å². The summed E-state index contributed by atoms with van der Waals surface area (Å²) in [6, 6.07) is 0. The first-order valence-electron chi connectivity index (χ1n) is 5.86. The lowest BCUT2D eigenvalue weighted by Gasteiger charge is -2.25. The topological polar surface area (TPSA) is 29.5 Å². The second kappa shape index (κ2) is 3.96. The van der Waals surface area contributed by atoms with Crippen molar-refractivity contribution in [3.63, 3.8) is 0 Å². The van der Waals surface area contributed by atoms with Crippen LogP contribution in [0.1, 0.15) is 40.0 Å². The van der Waals surface area contributed by atoms with Gasteiger partial charge >= 0.3 is 6.09 Å². The summed E-state index contributed by atoms with van der Waals surface area (Å²) in [4.78, 5) is 13.7. The summed E-state index contributed by atoms with van der Waals surface area (Å²) < 4.78 is 5.39. The Balaban J connectivity index is 2.09. The van der Waals surface area contributed by atoms with Crippen LogP contribution in [-0.2, 0) is 4.74 Å². The SMILES string of the molecule is CC(C)(C)OC(=O)N1CCC2=C1C=CCC2. The zero-order valence-electron chi connectivity index (χ0n) is 10.2. The molecule has 0 unspecified atom stereocenters. The van der Waals surface area contributed by atoms with E-state index in [-0.39, 0.29) is 6.09 Å². The maximum absolute atomic E-state index is 12.0. The minimum Gasteiger partial charge on any atom is -0.443 e. The van der Waals surface area contributed by atoms with Gasteiger partial charge in [0.2, 0.25) is 0 Å². The monoisotopic (exact) mass is 221 g/mol. The fraction of sp³-hybridized carbons (Fsp3) is 0.615. The Morgan fingerprint density at radius 2 is 2.12 bits per heavy atom. The number of hydrogen-bond donors (Lipinski definition) is 0. The lowest BCUT2D eigenvalue weighted by molar-refractivity contribution is 0.0336. The molecule has 88 valence electrons. The minimum absolute atomic E-state index is 0.218. The minimum atomic E-state index is -0.418. The van der Waals surface area contributed by atoms with Crippen LogP contribution in [0.3, 0.4) is 0 Å². The van der Waals surface area contributed by atoms with E-state index in [9.17, 15) is 4.79 Å². The van der Waals surface area contributed by atoms with Gasteiger partial charge in [-0.15, -0.1) is 0 Å². The first-order chi connectivity index (χ1) is 7.47. The summed E-state index contributed by atoms with van der Waals surface area (Å²) in [5.74, 6) is 0. The van der Waals surface area contributed by atoms with Crippen LogP contribution in [0.4, 0.5) is 4.79 Å². The van der Waals surface area contributed by atoms with Crippen molar-refractivity contribution < 1.29 is 9.53 Å². The Labute approximate surface area is 96.8 Å². The van der Waals surface area contributed by atoms with Gasteiger partial charge in [0.15, 0.2) is 0 Å². The molecule has 1 aliphatic heterocycles. The predicted octanol–water partition coefficient (Wildman–Crippen LogP) is 3.23. The van der Waals surface area contributed by atoms with Gasteiger partial charge in [-0.05, 0) is 51.7 Å². The van der Waals surface area contributed by atoms with Crippen LogP contribution in [0, 0.1) is 0 Å². The molecule has 3 heteroatoms. The molecule has 0 bridgehead atoms.